The number of halogens is 1. The molecule has 5 nitrogen and oxygen atoms in total. The summed E-state index contributed by atoms with van der Waals surface area (Å²) in [5, 5.41) is 0.706. The zero-order chi connectivity index (χ0) is 15.1. The van der Waals surface area contributed by atoms with Crippen molar-refractivity contribution in [2.24, 2.45) is 5.73 Å². The molecule has 2 heterocycles. The van der Waals surface area contributed by atoms with Crippen LogP contribution in [0.5, 0.6) is 0 Å². The molecule has 0 saturated heterocycles. The molecule has 0 aliphatic carbocycles. The highest BCUT2D eigenvalue weighted by molar-refractivity contribution is 6.30. The largest absolute Gasteiger partial charge is 0.382 e. The molecule has 1 aromatic carbocycles. The highest BCUT2D eigenvalue weighted by Gasteiger charge is 2.16. The van der Waals surface area contributed by atoms with E-state index in [9.17, 15) is 0 Å². The summed E-state index contributed by atoms with van der Waals surface area (Å²) in [5.41, 5.74) is 16.7. The van der Waals surface area contributed by atoms with Gasteiger partial charge in [0.25, 0.3) is 0 Å². The van der Waals surface area contributed by atoms with E-state index in [1.54, 1.807) is 6.20 Å². The van der Waals surface area contributed by atoms with Crippen LogP contribution in [0, 0.1) is 13.8 Å². The molecule has 0 radical (unpaired) electrons. The maximum absolute atomic E-state index is 6.06. The smallest absolute Gasteiger partial charge is 0.236 e. The summed E-state index contributed by atoms with van der Waals surface area (Å²) >= 11 is 6.06. The Hall–Kier alpha value is -2.11. The summed E-state index contributed by atoms with van der Waals surface area (Å²) in [7, 11) is 0. The third-order valence-corrected chi connectivity index (χ3v) is 3.82. The van der Waals surface area contributed by atoms with Crippen molar-refractivity contribution in [1.29, 1.82) is 0 Å². The average Bonchev–Trinajstić information content (AvgIpc) is 2.77. The minimum absolute atomic E-state index is 0.393. The molecule has 4 N–H and O–H groups in total. The molecular weight excluding hydrogens is 286 g/mol. The highest BCUT2D eigenvalue weighted by atomic mass is 35.5. The van der Waals surface area contributed by atoms with E-state index in [1.807, 2.05) is 36.4 Å². The van der Waals surface area contributed by atoms with E-state index >= 15 is 0 Å². The first-order chi connectivity index (χ1) is 10.0. The molecule has 0 spiro atoms. The van der Waals surface area contributed by atoms with Crippen molar-refractivity contribution < 1.29 is 0 Å². The van der Waals surface area contributed by atoms with Crippen LogP contribution >= 0.6 is 11.6 Å². The minimum atomic E-state index is 0.393. The van der Waals surface area contributed by atoms with Crippen LogP contribution in [0.15, 0.2) is 24.4 Å². The molecule has 2 aromatic heterocycles. The Kier molecular flexibility index (Phi) is 3.31. The second-order valence-corrected chi connectivity index (χ2v) is 5.46. The second-order valence-electron chi connectivity index (χ2n) is 5.02. The number of nitrogens with zero attached hydrogens (tertiary/aromatic N) is 3. The van der Waals surface area contributed by atoms with Crippen molar-refractivity contribution in [2.45, 2.75) is 20.4 Å². The van der Waals surface area contributed by atoms with Gasteiger partial charge in [-0.05, 0) is 31.5 Å². The molecule has 0 fully saturated rings. The molecule has 0 atom stereocenters. The van der Waals surface area contributed by atoms with E-state index in [0.717, 1.165) is 28.1 Å². The van der Waals surface area contributed by atoms with Crippen LogP contribution in [-0.4, -0.2) is 14.4 Å². The number of imidazole rings is 1. The fourth-order valence-electron chi connectivity index (χ4n) is 2.60. The molecule has 0 aliphatic heterocycles. The van der Waals surface area contributed by atoms with Crippen LogP contribution in [0.3, 0.4) is 0 Å². The van der Waals surface area contributed by atoms with Gasteiger partial charge in [-0.3, -0.25) is 4.40 Å². The Balaban J connectivity index is 2.43. The number of aromatic nitrogens is 3. The first-order valence-corrected chi connectivity index (χ1v) is 6.99. The second kappa shape index (κ2) is 5.02. The lowest BCUT2D eigenvalue weighted by atomic mass is 10.00. The number of hydrogen-bond acceptors (Lipinski definition) is 4. The lowest BCUT2D eigenvalue weighted by Crippen LogP contribution is -2.09. The van der Waals surface area contributed by atoms with E-state index in [1.165, 1.54) is 0 Å². The summed E-state index contributed by atoms with van der Waals surface area (Å²) in [6.07, 6.45) is 1.77. The number of nitrogen functional groups attached to an aromatic ring is 1. The maximum atomic E-state index is 6.06. The molecule has 0 amide bonds. The van der Waals surface area contributed by atoms with Gasteiger partial charge in [0.1, 0.15) is 5.82 Å². The van der Waals surface area contributed by atoms with Crippen LogP contribution in [-0.2, 0) is 6.54 Å². The van der Waals surface area contributed by atoms with Gasteiger partial charge in [0.2, 0.25) is 5.78 Å². The van der Waals surface area contributed by atoms with Gasteiger partial charge in [0.05, 0.1) is 11.9 Å². The third-order valence-electron chi connectivity index (χ3n) is 3.58. The minimum Gasteiger partial charge on any atom is -0.382 e. The summed E-state index contributed by atoms with van der Waals surface area (Å²) < 4.78 is 1.89. The number of aryl methyl sites for hydroxylation is 2. The number of anilines is 1. The Bertz CT molecular complexity index is 838. The first-order valence-electron chi connectivity index (χ1n) is 6.62. The fourth-order valence-corrected chi connectivity index (χ4v) is 2.82. The topological polar surface area (TPSA) is 82.2 Å². The SMILES string of the molecule is Cc1cc(Cl)ccc1-c1c(CN)c(C)nc2nc(N)cn12. The molecule has 21 heavy (non-hydrogen) atoms. The molecule has 6 heteroatoms. The Morgan fingerprint density at radius 2 is 2.00 bits per heavy atom. The zero-order valence-corrected chi connectivity index (χ0v) is 12.6. The summed E-state index contributed by atoms with van der Waals surface area (Å²) in [6.45, 7) is 4.34. The first kappa shape index (κ1) is 13.9. The Labute approximate surface area is 127 Å². The van der Waals surface area contributed by atoms with Crippen molar-refractivity contribution in [3.05, 3.63) is 46.2 Å². The third kappa shape index (κ3) is 2.24. The number of benzene rings is 1. The van der Waals surface area contributed by atoms with Crippen LogP contribution < -0.4 is 11.5 Å². The fraction of sp³-hybridized carbons (Fsp3) is 0.200. The van der Waals surface area contributed by atoms with Crippen molar-refractivity contribution in [3.8, 4) is 11.3 Å². The average molecular weight is 302 g/mol. The molecular formula is C15H16ClN5. The van der Waals surface area contributed by atoms with Gasteiger partial charge >= 0.3 is 0 Å². The van der Waals surface area contributed by atoms with E-state index in [2.05, 4.69) is 9.97 Å². The normalized spacial score (nSPS) is 11.2. The molecule has 3 rings (SSSR count). The lowest BCUT2D eigenvalue weighted by Gasteiger charge is -2.15. The van der Waals surface area contributed by atoms with Crippen molar-refractivity contribution in [3.63, 3.8) is 0 Å². The van der Waals surface area contributed by atoms with Gasteiger partial charge in [-0.2, -0.15) is 4.98 Å². The Morgan fingerprint density at radius 1 is 1.24 bits per heavy atom. The van der Waals surface area contributed by atoms with Crippen LogP contribution in [0.25, 0.3) is 17.0 Å². The summed E-state index contributed by atoms with van der Waals surface area (Å²) in [6, 6.07) is 5.78. The Morgan fingerprint density at radius 3 is 2.67 bits per heavy atom. The number of nitrogens with two attached hydrogens (primary N) is 2. The van der Waals surface area contributed by atoms with Gasteiger partial charge < -0.3 is 11.5 Å². The highest BCUT2D eigenvalue weighted by Crippen LogP contribution is 2.31. The van der Waals surface area contributed by atoms with E-state index < -0.39 is 0 Å². The van der Waals surface area contributed by atoms with Gasteiger partial charge in [0.15, 0.2) is 0 Å². The summed E-state index contributed by atoms with van der Waals surface area (Å²) in [4.78, 5) is 8.71. The van der Waals surface area contributed by atoms with Gasteiger partial charge in [-0.25, -0.2) is 4.98 Å². The van der Waals surface area contributed by atoms with Crippen LogP contribution in [0.4, 0.5) is 5.82 Å². The maximum Gasteiger partial charge on any atom is 0.236 e. The van der Waals surface area contributed by atoms with Crippen molar-refractivity contribution >= 4 is 23.2 Å². The van der Waals surface area contributed by atoms with Gasteiger partial charge in [-0.15, -0.1) is 0 Å². The van der Waals surface area contributed by atoms with Crippen molar-refractivity contribution in [2.75, 3.05) is 5.73 Å². The molecule has 108 valence electrons. The monoisotopic (exact) mass is 301 g/mol. The molecule has 0 bridgehead atoms. The molecule has 0 saturated carbocycles. The van der Waals surface area contributed by atoms with Crippen molar-refractivity contribution in [1.82, 2.24) is 14.4 Å². The zero-order valence-electron chi connectivity index (χ0n) is 11.9. The molecule has 0 aliphatic rings. The van der Waals surface area contributed by atoms with E-state index in [-0.39, 0.29) is 0 Å². The predicted octanol–water partition coefficient (Wildman–Crippen LogP) is 2.71. The van der Waals surface area contributed by atoms with E-state index in [4.69, 9.17) is 23.1 Å². The van der Waals surface area contributed by atoms with E-state index in [0.29, 0.717) is 23.2 Å². The van der Waals surface area contributed by atoms with Crippen LogP contribution in [0.2, 0.25) is 5.02 Å². The predicted molar refractivity (Wildman–Crippen MR) is 85.2 cm³/mol. The lowest BCUT2D eigenvalue weighted by molar-refractivity contribution is 0.962. The summed E-state index contributed by atoms with van der Waals surface area (Å²) in [5.74, 6) is 1.01. The number of hydrogen-bond donors (Lipinski definition) is 2. The number of fused-ring (bicyclic) bond motifs is 1. The quantitative estimate of drug-likeness (QED) is 0.762. The number of rotatable bonds is 2. The molecule has 3 aromatic rings. The standard InChI is InChI=1S/C15H16ClN5/c1-8-5-10(16)3-4-11(8)14-12(6-17)9(2)19-15-20-13(18)7-21(14)15/h3-5,7H,6,17-18H2,1-2H3. The van der Waals surface area contributed by atoms with Gasteiger partial charge in [-0.1, -0.05) is 17.7 Å². The van der Waals surface area contributed by atoms with Crippen LogP contribution in [0.1, 0.15) is 16.8 Å². The molecule has 0 unspecified atom stereocenters. The van der Waals surface area contributed by atoms with Gasteiger partial charge in [0, 0.05) is 28.4 Å².